The van der Waals surface area contributed by atoms with E-state index < -0.39 is 11.7 Å². The Kier molecular flexibility index (Phi) is 5.80. The number of carbonyl (C=O) groups is 1. The molecule has 3 rings (SSSR count). The van der Waals surface area contributed by atoms with Crippen molar-refractivity contribution < 1.29 is 9.53 Å². The molecule has 2 aromatic rings. The van der Waals surface area contributed by atoms with Crippen LogP contribution in [0, 0.1) is 0 Å². The topological polar surface area (TPSA) is 84.1 Å². The van der Waals surface area contributed by atoms with Gasteiger partial charge in [-0.15, -0.1) is 11.3 Å². The van der Waals surface area contributed by atoms with E-state index in [0.29, 0.717) is 16.0 Å². The maximum Gasteiger partial charge on any atom is 0.408 e. The largest absolute Gasteiger partial charge is 0.444 e. The van der Waals surface area contributed by atoms with Crippen LogP contribution >= 0.6 is 27.3 Å². The molecular weight excluding hydrogens is 382 g/mol. The molecule has 2 heterocycles. The monoisotopic (exact) mass is 401 g/mol. The Morgan fingerprint density at radius 2 is 2.09 bits per heavy atom. The standard InChI is InChI=1S/C12H14BrN3O3S.C3H6/c1-12(2,3)19-11(18)14-5-8-15-6-4-7(13)20-9(6)10(17)16-8;1-2-3-1/h4H,5H2,1-3H3,(H,14,18)(H,15,16,17);1-3H2. The number of aromatic nitrogens is 2. The number of nitrogens with zero attached hydrogens (tertiary/aromatic N) is 1. The Morgan fingerprint density at radius 3 is 2.65 bits per heavy atom. The summed E-state index contributed by atoms with van der Waals surface area (Å²) in [5.74, 6) is 0.388. The summed E-state index contributed by atoms with van der Waals surface area (Å²) in [4.78, 5) is 30.3. The molecule has 6 nitrogen and oxygen atoms in total. The fourth-order valence-corrected chi connectivity index (χ4v) is 2.93. The zero-order valence-electron chi connectivity index (χ0n) is 13.4. The minimum Gasteiger partial charge on any atom is -0.444 e. The molecule has 0 aromatic carbocycles. The van der Waals surface area contributed by atoms with Gasteiger partial charge in [0, 0.05) is 0 Å². The first-order chi connectivity index (χ1) is 10.7. The maximum atomic E-state index is 11.8. The second-order valence-electron chi connectivity index (χ2n) is 6.19. The molecule has 2 N–H and O–H groups in total. The Labute approximate surface area is 146 Å². The second kappa shape index (κ2) is 7.44. The number of hydrogen-bond donors (Lipinski definition) is 2. The van der Waals surface area contributed by atoms with Crippen molar-refractivity contribution in [2.45, 2.75) is 52.2 Å². The van der Waals surface area contributed by atoms with Crippen molar-refractivity contribution in [1.82, 2.24) is 15.3 Å². The third-order valence-corrected chi connectivity index (χ3v) is 4.18. The molecule has 0 aliphatic heterocycles. The molecule has 1 aliphatic rings. The van der Waals surface area contributed by atoms with Gasteiger partial charge in [-0.2, -0.15) is 0 Å². The van der Waals surface area contributed by atoms with E-state index in [1.165, 1.54) is 30.6 Å². The van der Waals surface area contributed by atoms with Crippen LogP contribution in [-0.2, 0) is 11.3 Å². The first kappa shape index (κ1) is 17.9. The molecule has 126 valence electrons. The number of fused-ring (bicyclic) bond motifs is 1. The van der Waals surface area contributed by atoms with Crippen LogP contribution in [0.5, 0.6) is 0 Å². The summed E-state index contributed by atoms with van der Waals surface area (Å²) in [7, 11) is 0. The average molecular weight is 402 g/mol. The number of alkyl carbamates (subject to hydrolysis) is 1. The molecule has 0 bridgehead atoms. The smallest absolute Gasteiger partial charge is 0.408 e. The molecule has 1 amide bonds. The van der Waals surface area contributed by atoms with E-state index >= 15 is 0 Å². The fraction of sp³-hybridized carbons (Fsp3) is 0.533. The number of nitrogens with one attached hydrogen (secondary N) is 2. The van der Waals surface area contributed by atoms with Crippen molar-refractivity contribution in [3.63, 3.8) is 0 Å². The predicted molar refractivity (Wildman–Crippen MR) is 94.9 cm³/mol. The van der Waals surface area contributed by atoms with Crippen LogP contribution in [0.4, 0.5) is 4.79 Å². The van der Waals surface area contributed by atoms with E-state index in [2.05, 4.69) is 31.2 Å². The third kappa shape index (κ3) is 6.31. The Hall–Kier alpha value is -1.41. The summed E-state index contributed by atoms with van der Waals surface area (Å²) >= 11 is 4.63. The summed E-state index contributed by atoms with van der Waals surface area (Å²) in [5, 5.41) is 2.55. The van der Waals surface area contributed by atoms with Crippen molar-refractivity contribution in [2.24, 2.45) is 0 Å². The lowest BCUT2D eigenvalue weighted by molar-refractivity contribution is 0.0522. The number of amides is 1. The number of hydrogen-bond acceptors (Lipinski definition) is 5. The Balaban J connectivity index is 0.000000572. The number of ether oxygens (including phenoxy) is 1. The normalized spacial score (nSPS) is 13.2. The lowest BCUT2D eigenvalue weighted by atomic mass is 10.2. The molecule has 23 heavy (non-hydrogen) atoms. The summed E-state index contributed by atoms with van der Waals surface area (Å²) < 4.78 is 6.50. The molecule has 8 heteroatoms. The van der Waals surface area contributed by atoms with Crippen molar-refractivity contribution in [3.05, 3.63) is 26.0 Å². The van der Waals surface area contributed by atoms with Gasteiger partial charge < -0.3 is 15.0 Å². The van der Waals surface area contributed by atoms with Gasteiger partial charge in [-0.3, -0.25) is 4.79 Å². The molecule has 0 radical (unpaired) electrons. The molecule has 1 saturated carbocycles. The molecule has 0 saturated heterocycles. The molecule has 0 spiro atoms. The molecule has 1 aliphatic carbocycles. The van der Waals surface area contributed by atoms with Gasteiger partial charge in [-0.1, -0.05) is 19.3 Å². The quantitative estimate of drug-likeness (QED) is 0.797. The summed E-state index contributed by atoms with van der Waals surface area (Å²) in [6, 6.07) is 1.77. The van der Waals surface area contributed by atoms with Gasteiger partial charge in [0.15, 0.2) is 0 Å². The summed E-state index contributed by atoms with van der Waals surface area (Å²) in [6.07, 6.45) is 3.95. The van der Waals surface area contributed by atoms with Gasteiger partial charge in [-0.25, -0.2) is 9.78 Å². The minimum absolute atomic E-state index is 0.105. The zero-order valence-corrected chi connectivity index (χ0v) is 15.8. The zero-order chi connectivity index (χ0) is 17.0. The highest BCUT2D eigenvalue weighted by molar-refractivity contribution is 9.11. The first-order valence-electron chi connectivity index (χ1n) is 7.40. The van der Waals surface area contributed by atoms with Gasteiger partial charge >= 0.3 is 6.09 Å². The van der Waals surface area contributed by atoms with E-state index in [0.717, 1.165) is 3.79 Å². The SMILES string of the molecule is C1CC1.CC(C)(C)OC(=O)NCc1nc2cc(Br)sc2c(=O)[nH]1. The third-order valence-electron chi connectivity index (χ3n) is 2.55. The van der Waals surface area contributed by atoms with Crippen LogP contribution in [0.15, 0.2) is 14.6 Å². The number of carbonyl (C=O) groups excluding carboxylic acids is 1. The summed E-state index contributed by atoms with van der Waals surface area (Å²) in [5.41, 5.74) is -0.175. The lowest BCUT2D eigenvalue weighted by Gasteiger charge is -2.19. The van der Waals surface area contributed by atoms with Crippen molar-refractivity contribution in [2.75, 3.05) is 0 Å². The van der Waals surface area contributed by atoms with Crippen molar-refractivity contribution >= 4 is 43.6 Å². The van der Waals surface area contributed by atoms with Gasteiger partial charge in [0.05, 0.1) is 15.8 Å². The highest BCUT2D eigenvalue weighted by Crippen LogP contribution is 2.25. The molecule has 2 aromatic heterocycles. The van der Waals surface area contributed by atoms with Crippen LogP contribution < -0.4 is 10.9 Å². The van der Waals surface area contributed by atoms with Crippen LogP contribution in [-0.4, -0.2) is 21.7 Å². The molecule has 1 fully saturated rings. The molecular formula is C15H20BrN3O3S. The summed E-state index contributed by atoms with van der Waals surface area (Å²) in [6.45, 7) is 5.44. The van der Waals surface area contributed by atoms with Crippen LogP contribution in [0.25, 0.3) is 10.2 Å². The van der Waals surface area contributed by atoms with Gasteiger partial charge in [-0.05, 0) is 42.8 Å². The maximum absolute atomic E-state index is 11.8. The number of rotatable bonds is 2. The number of aromatic amines is 1. The van der Waals surface area contributed by atoms with Crippen LogP contribution in [0.1, 0.15) is 45.9 Å². The Morgan fingerprint density at radius 1 is 1.43 bits per heavy atom. The molecule has 0 atom stereocenters. The van der Waals surface area contributed by atoms with Gasteiger partial charge in [0.1, 0.15) is 16.1 Å². The Bertz CT molecular complexity index is 744. The number of thiophene rings is 1. The van der Waals surface area contributed by atoms with E-state index in [1.54, 1.807) is 26.8 Å². The predicted octanol–water partition coefficient (Wildman–Crippen LogP) is 3.94. The van der Waals surface area contributed by atoms with E-state index in [9.17, 15) is 9.59 Å². The highest BCUT2D eigenvalue weighted by atomic mass is 79.9. The van der Waals surface area contributed by atoms with Gasteiger partial charge in [0.2, 0.25) is 0 Å². The lowest BCUT2D eigenvalue weighted by Crippen LogP contribution is -2.33. The second-order valence-corrected chi connectivity index (χ2v) is 8.63. The molecule has 0 unspecified atom stereocenters. The van der Waals surface area contributed by atoms with E-state index in [-0.39, 0.29) is 12.1 Å². The first-order valence-corrected chi connectivity index (χ1v) is 9.00. The van der Waals surface area contributed by atoms with E-state index in [4.69, 9.17) is 4.74 Å². The fourth-order valence-electron chi connectivity index (χ4n) is 1.51. The average Bonchev–Trinajstić information content (AvgIpc) is 3.23. The van der Waals surface area contributed by atoms with Crippen LogP contribution in [0.3, 0.4) is 0 Å². The number of H-pyrrole nitrogens is 1. The van der Waals surface area contributed by atoms with Crippen molar-refractivity contribution in [1.29, 1.82) is 0 Å². The van der Waals surface area contributed by atoms with Crippen molar-refractivity contribution in [3.8, 4) is 0 Å². The highest BCUT2D eigenvalue weighted by Gasteiger charge is 2.16. The van der Waals surface area contributed by atoms with E-state index in [1.807, 2.05) is 0 Å². The van der Waals surface area contributed by atoms with Crippen LogP contribution in [0.2, 0.25) is 0 Å². The minimum atomic E-state index is -0.562. The number of halogens is 1. The van der Waals surface area contributed by atoms with Gasteiger partial charge in [0.25, 0.3) is 5.56 Å².